The molecule has 0 saturated heterocycles. The summed E-state index contributed by atoms with van der Waals surface area (Å²) in [6.45, 7) is 4.73. The molecule has 0 saturated carbocycles. The quantitative estimate of drug-likeness (QED) is 0.722. The van der Waals surface area contributed by atoms with Crippen molar-refractivity contribution in [3.63, 3.8) is 0 Å². The number of nitrogens with zero attached hydrogens (tertiary/aromatic N) is 1. The Morgan fingerprint density at radius 3 is 3.10 bits per heavy atom. The van der Waals surface area contributed by atoms with Crippen molar-refractivity contribution in [1.82, 2.24) is 10.3 Å². The highest BCUT2D eigenvalue weighted by atomic mass is 32.1. The Kier molecular flexibility index (Phi) is 6.66. The maximum absolute atomic E-state index is 9.86. The molecule has 0 spiro atoms. The molecule has 4 nitrogen and oxygen atoms in total. The summed E-state index contributed by atoms with van der Waals surface area (Å²) in [6.07, 6.45) is 8.13. The van der Waals surface area contributed by atoms with Crippen LogP contribution in [0, 0.1) is 11.8 Å². The fraction of sp³-hybridized carbons (Fsp3) is 0.667. The fourth-order valence-electron chi connectivity index (χ4n) is 2.34. The van der Waals surface area contributed by atoms with Crippen LogP contribution in [0.15, 0.2) is 23.9 Å². The first-order valence-electron chi connectivity index (χ1n) is 7.24. The SMILES string of the molecule is CC1CC=CCC1COCC(O)CNCc1cncs1. The Morgan fingerprint density at radius 2 is 2.35 bits per heavy atom. The molecule has 0 fully saturated rings. The summed E-state index contributed by atoms with van der Waals surface area (Å²) >= 11 is 1.62. The number of aromatic nitrogens is 1. The lowest BCUT2D eigenvalue weighted by molar-refractivity contribution is 0.0128. The first-order chi connectivity index (χ1) is 9.75. The topological polar surface area (TPSA) is 54.4 Å². The van der Waals surface area contributed by atoms with Crippen LogP contribution < -0.4 is 5.32 Å². The Morgan fingerprint density at radius 1 is 1.50 bits per heavy atom. The zero-order chi connectivity index (χ0) is 14.2. The minimum Gasteiger partial charge on any atom is -0.389 e. The molecule has 0 aromatic carbocycles. The van der Waals surface area contributed by atoms with Crippen molar-refractivity contribution in [3.8, 4) is 0 Å². The number of ether oxygens (including phenoxy) is 1. The molecular weight excluding hydrogens is 272 g/mol. The van der Waals surface area contributed by atoms with Crippen molar-refractivity contribution in [2.75, 3.05) is 19.8 Å². The third-order valence-electron chi connectivity index (χ3n) is 3.72. The highest BCUT2D eigenvalue weighted by Gasteiger charge is 2.18. The second-order valence-corrected chi connectivity index (χ2v) is 6.44. The molecule has 0 aliphatic heterocycles. The van der Waals surface area contributed by atoms with Crippen LogP contribution in [0.1, 0.15) is 24.6 Å². The van der Waals surface area contributed by atoms with E-state index in [1.807, 2.05) is 11.7 Å². The molecule has 5 heteroatoms. The van der Waals surface area contributed by atoms with E-state index in [-0.39, 0.29) is 0 Å². The number of allylic oxidation sites excluding steroid dienone is 2. The lowest BCUT2D eigenvalue weighted by atomic mass is 9.85. The van der Waals surface area contributed by atoms with Gasteiger partial charge in [-0.05, 0) is 24.7 Å². The van der Waals surface area contributed by atoms with Crippen molar-refractivity contribution in [2.24, 2.45) is 11.8 Å². The largest absolute Gasteiger partial charge is 0.389 e. The van der Waals surface area contributed by atoms with Gasteiger partial charge >= 0.3 is 0 Å². The molecule has 3 atom stereocenters. The Labute approximate surface area is 124 Å². The first kappa shape index (κ1) is 15.6. The van der Waals surface area contributed by atoms with E-state index in [1.54, 1.807) is 11.3 Å². The van der Waals surface area contributed by atoms with Crippen molar-refractivity contribution in [3.05, 3.63) is 28.7 Å². The number of hydrogen-bond acceptors (Lipinski definition) is 5. The predicted molar refractivity (Wildman–Crippen MR) is 81.7 cm³/mol. The molecule has 2 rings (SSSR count). The van der Waals surface area contributed by atoms with E-state index in [1.165, 1.54) is 4.88 Å². The van der Waals surface area contributed by atoms with E-state index in [4.69, 9.17) is 4.74 Å². The summed E-state index contributed by atoms with van der Waals surface area (Å²) in [5.74, 6) is 1.28. The van der Waals surface area contributed by atoms with Gasteiger partial charge in [0.25, 0.3) is 0 Å². The molecule has 1 aliphatic carbocycles. The standard InChI is InChI=1S/C15H24N2O2S/c1-12-4-2-3-5-13(12)9-19-10-14(18)6-16-7-15-8-17-11-20-15/h2-3,8,11-14,16,18H,4-7,9-10H2,1H3. The fourth-order valence-corrected chi connectivity index (χ4v) is 2.91. The third-order valence-corrected chi connectivity index (χ3v) is 4.50. The Hall–Kier alpha value is -0.750. The highest BCUT2D eigenvalue weighted by molar-refractivity contribution is 7.09. The van der Waals surface area contributed by atoms with Crippen LogP contribution in [0.3, 0.4) is 0 Å². The zero-order valence-corrected chi connectivity index (χ0v) is 12.8. The lowest BCUT2D eigenvalue weighted by Gasteiger charge is -2.25. The minimum absolute atomic E-state index is 0.405. The predicted octanol–water partition coefficient (Wildman–Crippen LogP) is 2.21. The maximum atomic E-state index is 9.86. The van der Waals surface area contributed by atoms with Gasteiger partial charge in [0.1, 0.15) is 0 Å². The minimum atomic E-state index is -0.447. The molecule has 1 aromatic rings. The second-order valence-electron chi connectivity index (χ2n) is 5.47. The summed E-state index contributed by atoms with van der Waals surface area (Å²) in [5.41, 5.74) is 1.82. The molecule has 1 aliphatic rings. The van der Waals surface area contributed by atoms with Crippen molar-refractivity contribution in [1.29, 1.82) is 0 Å². The summed E-state index contributed by atoms with van der Waals surface area (Å²) < 4.78 is 5.66. The highest BCUT2D eigenvalue weighted by Crippen LogP contribution is 2.24. The summed E-state index contributed by atoms with van der Waals surface area (Å²) in [7, 11) is 0. The smallest absolute Gasteiger partial charge is 0.0897 e. The maximum Gasteiger partial charge on any atom is 0.0897 e. The van der Waals surface area contributed by atoms with Crippen molar-refractivity contribution in [2.45, 2.75) is 32.4 Å². The van der Waals surface area contributed by atoms with Crippen molar-refractivity contribution < 1.29 is 9.84 Å². The van der Waals surface area contributed by atoms with Crippen LogP contribution in [0.25, 0.3) is 0 Å². The van der Waals surface area contributed by atoms with E-state index < -0.39 is 6.10 Å². The van der Waals surface area contributed by atoms with Crippen LogP contribution in [-0.2, 0) is 11.3 Å². The van der Waals surface area contributed by atoms with Gasteiger partial charge in [-0.2, -0.15) is 0 Å². The van der Waals surface area contributed by atoms with Gasteiger partial charge in [-0.25, -0.2) is 0 Å². The molecule has 1 heterocycles. The average Bonchev–Trinajstić information content (AvgIpc) is 2.94. The van der Waals surface area contributed by atoms with Gasteiger partial charge in [0.05, 0.1) is 24.8 Å². The summed E-state index contributed by atoms with van der Waals surface area (Å²) in [6, 6.07) is 0. The molecule has 3 unspecified atom stereocenters. The van der Waals surface area contributed by atoms with Crippen LogP contribution in [-0.4, -0.2) is 36.0 Å². The van der Waals surface area contributed by atoms with Gasteiger partial charge in [0.15, 0.2) is 0 Å². The first-order valence-corrected chi connectivity index (χ1v) is 8.12. The van der Waals surface area contributed by atoms with Gasteiger partial charge in [-0.1, -0.05) is 19.1 Å². The zero-order valence-electron chi connectivity index (χ0n) is 12.0. The van der Waals surface area contributed by atoms with Crippen LogP contribution in [0.2, 0.25) is 0 Å². The van der Waals surface area contributed by atoms with Gasteiger partial charge < -0.3 is 15.2 Å². The van der Waals surface area contributed by atoms with Gasteiger partial charge in [0.2, 0.25) is 0 Å². The number of rotatable bonds is 8. The second kappa shape index (κ2) is 8.52. The number of thiazole rings is 1. The van der Waals surface area contributed by atoms with Crippen molar-refractivity contribution >= 4 is 11.3 Å². The Bertz CT molecular complexity index is 395. The van der Waals surface area contributed by atoms with Gasteiger partial charge in [-0.3, -0.25) is 4.98 Å². The van der Waals surface area contributed by atoms with Crippen LogP contribution in [0.5, 0.6) is 0 Å². The van der Waals surface area contributed by atoms with E-state index >= 15 is 0 Å². The van der Waals surface area contributed by atoms with E-state index in [0.29, 0.717) is 25.0 Å². The van der Waals surface area contributed by atoms with Gasteiger partial charge in [0, 0.05) is 24.2 Å². The molecule has 0 radical (unpaired) electrons. The molecule has 1 aromatic heterocycles. The summed E-state index contributed by atoms with van der Waals surface area (Å²) in [5, 5.41) is 13.1. The van der Waals surface area contributed by atoms with Crippen LogP contribution in [0.4, 0.5) is 0 Å². The molecule has 2 N–H and O–H groups in total. The van der Waals surface area contributed by atoms with E-state index in [9.17, 15) is 5.11 Å². The normalized spacial score (nSPS) is 23.9. The average molecular weight is 296 g/mol. The molecule has 20 heavy (non-hydrogen) atoms. The molecule has 0 bridgehead atoms. The molecule has 0 amide bonds. The van der Waals surface area contributed by atoms with E-state index in [0.717, 1.165) is 26.0 Å². The molecular formula is C15H24N2O2S. The number of aliphatic hydroxyl groups excluding tert-OH is 1. The molecule has 112 valence electrons. The third kappa shape index (κ3) is 5.32. The number of nitrogens with one attached hydrogen (secondary N) is 1. The Balaban J connectivity index is 1.53. The van der Waals surface area contributed by atoms with E-state index in [2.05, 4.69) is 29.4 Å². The van der Waals surface area contributed by atoms with Crippen LogP contribution >= 0.6 is 11.3 Å². The van der Waals surface area contributed by atoms with Gasteiger partial charge in [-0.15, -0.1) is 11.3 Å². The number of hydrogen-bond donors (Lipinski definition) is 2. The number of aliphatic hydroxyl groups is 1. The lowest BCUT2D eigenvalue weighted by Crippen LogP contribution is -2.31. The monoisotopic (exact) mass is 296 g/mol. The summed E-state index contributed by atoms with van der Waals surface area (Å²) in [4.78, 5) is 5.20.